The smallest absolute Gasteiger partial charge is 0.309 e. The van der Waals surface area contributed by atoms with Crippen LogP contribution in [0.15, 0.2) is 61.1 Å². The van der Waals surface area contributed by atoms with E-state index in [0.29, 0.717) is 29.2 Å². The van der Waals surface area contributed by atoms with Gasteiger partial charge in [0.1, 0.15) is 17.5 Å². The van der Waals surface area contributed by atoms with Gasteiger partial charge in [0.25, 0.3) is 0 Å². The molecule has 0 radical (unpaired) electrons. The molecule has 0 bridgehead atoms. The summed E-state index contributed by atoms with van der Waals surface area (Å²) < 4.78 is 56.1. The van der Waals surface area contributed by atoms with Gasteiger partial charge in [0, 0.05) is 37.5 Å². The minimum Gasteiger partial charge on any atom is -0.309 e. The molecular formula is C22H16F4N8. The highest BCUT2D eigenvalue weighted by Crippen LogP contribution is 2.31. The van der Waals surface area contributed by atoms with Gasteiger partial charge < -0.3 is 5.32 Å². The molecule has 0 fully saturated rings. The van der Waals surface area contributed by atoms with E-state index in [9.17, 15) is 17.6 Å². The van der Waals surface area contributed by atoms with Crippen molar-refractivity contribution >= 4 is 17.4 Å². The number of nitrogens with one attached hydrogen (secondary N) is 1. The molecule has 5 aromatic rings. The van der Waals surface area contributed by atoms with Crippen LogP contribution in [0.4, 0.5) is 29.3 Å². The summed E-state index contributed by atoms with van der Waals surface area (Å²) in [4.78, 5) is 8.73. The molecule has 5 rings (SSSR count). The maximum absolute atomic E-state index is 13.8. The molecule has 12 heteroatoms. The first-order valence-electron chi connectivity index (χ1n) is 10.0. The SMILES string of the molecule is Cn1nccc1Nc1nccc(-c2ccn3c(Cc4cc(F)cc(C(F)(F)F)c4)nnc3c2)n1. The second-order valence-corrected chi connectivity index (χ2v) is 7.51. The first-order chi connectivity index (χ1) is 16.3. The minimum absolute atomic E-state index is 0.0202. The molecular weight excluding hydrogens is 452 g/mol. The summed E-state index contributed by atoms with van der Waals surface area (Å²) in [6, 6.07) is 9.50. The van der Waals surface area contributed by atoms with Gasteiger partial charge in [-0.2, -0.15) is 18.3 Å². The van der Waals surface area contributed by atoms with E-state index in [2.05, 4.69) is 30.6 Å². The second-order valence-electron chi connectivity index (χ2n) is 7.51. The number of anilines is 2. The molecule has 0 aliphatic rings. The number of halogens is 4. The molecule has 0 saturated heterocycles. The quantitative estimate of drug-likeness (QED) is 0.385. The van der Waals surface area contributed by atoms with Crippen molar-refractivity contribution in [2.75, 3.05) is 5.32 Å². The third-order valence-corrected chi connectivity index (χ3v) is 5.14. The largest absolute Gasteiger partial charge is 0.416 e. The fraction of sp³-hybridized carbons (Fsp3) is 0.136. The van der Waals surface area contributed by atoms with Crippen LogP contribution in [0.5, 0.6) is 0 Å². The predicted octanol–water partition coefficient (Wildman–Crippen LogP) is 4.41. The van der Waals surface area contributed by atoms with Crippen LogP contribution in [0.3, 0.4) is 0 Å². The molecule has 0 amide bonds. The standard InChI is InChI=1S/C22H16F4N8/c1-33-18(3-6-28-33)30-21-27-5-2-17(29-21)14-4-7-34-19(31-32-20(34)11-14)10-13-8-15(22(24,25)26)12-16(23)9-13/h2-9,11-12H,10H2,1H3,(H,27,29,30). The molecule has 34 heavy (non-hydrogen) atoms. The third kappa shape index (κ3) is 4.29. The molecule has 8 nitrogen and oxygen atoms in total. The number of fused-ring (bicyclic) bond motifs is 1. The van der Waals surface area contributed by atoms with Gasteiger partial charge in [-0.05, 0) is 42.0 Å². The van der Waals surface area contributed by atoms with Gasteiger partial charge in [-0.15, -0.1) is 10.2 Å². The maximum Gasteiger partial charge on any atom is 0.416 e. The molecule has 1 N–H and O–H groups in total. The van der Waals surface area contributed by atoms with E-state index in [1.165, 1.54) is 0 Å². The fourth-order valence-corrected chi connectivity index (χ4v) is 3.51. The van der Waals surface area contributed by atoms with E-state index in [1.54, 1.807) is 59.0 Å². The third-order valence-electron chi connectivity index (χ3n) is 5.14. The Morgan fingerprint density at radius 3 is 2.62 bits per heavy atom. The minimum atomic E-state index is -4.64. The average molecular weight is 468 g/mol. The number of nitrogens with zero attached hydrogens (tertiary/aromatic N) is 7. The Kier molecular flexibility index (Phi) is 5.19. The number of benzene rings is 1. The second kappa shape index (κ2) is 8.21. The van der Waals surface area contributed by atoms with Crippen LogP contribution in [-0.4, -0.2) is 34.3 Å². The summed E-state index contributed by atoms with van der Waals surface area (Å²) in [6.45, 7) is 0. The van der Waals surface area contributed by atoms with E-state index in [0.717, 1.165) is 23.5 Å². The normalized spacial score (nSPS) is 11.8. The number of alkyl halides is 3. The van der Waals surface area contributed by atoms with Gasteiger partial charge in [0.2, 0.25) is 5.95 Å². The summed E-state index contributed by atoms with van der Waals surface area (Å²) in [5, 5.41) is 15.4. The molecule has 0 atom stereocenters. The van der Waals surface area contributed by atoms with Crippen LogP contribution in [0, 0.1) is 5.82 Å². The van der Waals surface area contributed by atoms with E-state index >= 15 is 0 Å². The topological polar surface area (TPSA) is 85.8 Å². The summed E-state index contributed by atoms with van der Waals surface area (Å²) in [7, 11) is 1.79. The van der Waals surface area contributed by atoms with Gasteiger partial charge in [0.15, 0.2) is 5.65 Å². The molecule has 4 heterocycles. The molecule has 1 aromatic carbocycles. The van der Waals surface area contributed by atoms with Crippen LogP contribution >= 0.6 is 0 Å². The van der Waals surface area contributed by atoms with Gasteiger partial charge in [0.05, 0.1) is 17.5 Å². The van der Waals surface area contributed by atoms with Crippen molar-refractivity contribution in [3.8, 4) is 11.3 Å². The Hall–Kier alpha value is -4.35. The molecule has 0 aliphatic heterocycles. The highest BCUT2D eigenvalue weighted by atomic mass is 19.4. The van der Waals surface area contributed by atoms with Gasteiger partial charge in [-0.25, -0.2) is 14.4 Å². The monoisotopic (exact) mass is 468 g/mol. The van der Waals surface area contributed by atoms with Gasteiger partial charge >= 0.3 is 6.18 Å². The van der Waals surface area contributed by atoms with Crippen molar-refractivity contribution in [2.24, 2.45) is 7.05 Å². The zero-order valence-electron chi connectivity index (χ0n) is 17.6. The average Bonchev–Trinajstić information content (AvgIpc) is 3.38. The Morgan fingerprint density at radius 2 is 1.85 bits per heavy atom. The number of hydrogen-bond donors (Lipinski definition) is 1. The molecule has 172 valence electrons. The van der Waals surface area contributed by atoms with E-state index in [1.807, 2.05) is 0 Å². The zero-order valence-corrected chi connectivity index (χ0v) is 17.6. The van der Waals surface area contributed by atoms with Crippen LogP contribution in [0.2, 0.25) is 0 Å². The van der Waals surface area contributed by atoms with Crippen LogP contribution < -0.4 is 5.32 Å². The van der Waals surface area contributed by atoms with Crippen molar-refractivity contribution in [3.05, 3.63) is 83.8 Å². The van der Waals surface area contributed by atoms with Gasteiger partial charge in [-0.3, -0.25) is 9.08 Å². The Bertz CT molecular complexity index is 1490. The Morgan fingerprint density at radius 1 is 1.00 bits per heavy atom. The van der Waals surface area contributed by atoms with Crippen LogP contribution in [0.25, 0.3) is 16.9 Å². The summed E-state index contributed by atoms with van der Waals surface area (Å²) in [5.74, 6) is 0.525. The lowest BCUT2D eigenvalue weighted by atomic mass is 10.1. The summed E-state index contributed by atoms with van der Waals surface area (Å²) in [5.41, 5.74) is 0.948. The van der Waals surface area contributed by atoms with Gasteiger partial charge in [-0.1, -0.05) is 0 Å². The van der Waals surface area contributed by atoms with Crippen molar-refractivity contribution in [2.45, 2.75) is 12.6 Å². The number of pyridine rings is 1. The molecule has 0 unspecified atom stereocenters. The first kappa shape index (κ1) is 21.5. The Labute approximate surface area is 189 Å². The number of aromatic nitrogens is 7. The summed E-state index contributed by atoms with van der Waals surface area (Å²) >= 11 is 0. The zero-order chi connectivity index (χ0) is 23.9. The van der Waals surface area contributed by atoms with E-state index in [-0.39, 0.29) is 12.0 Å². The Balaban J connectivity index is 1.42. The number of aryl methyl sites for hydroxylation is 1. The molecule has 0 spiro atoms. The first-order valence-corrected chi connectivity index (χ1v) is 10.0. The fourth-order valence-electron chi connectivity index (χ4n) is 3.51. The predicted molar refractivity (Wildman–Crippen MR) is 115 cm³/mol. The van der Waals surface area contributed by atoms with Crippen molar-refractivity contribution in [1.82, 2.24) is 34.3 Å². The lowest BCUT2D eigenvalue weighted by molar-refractivity contribution is -0.137. The lowest BCUT2D eigenvalue weighted by Crippen LogP contribution is -2.07. The maximum atomic E-state index is 13.8. The van der Waals surface area contributed by atoms with Crippen molar-refractivity contribution in [1.29, 1.82) is 0 Å². The molecule has 4 aromatic heterocycles. The highest BCUT2D eigenvalue weighted by molar-refractivity contribution is 5.65. The molecule has 0 saturated carbocycles. The highest BCUT2D eigenvalue weighted by Gasteiger charge is 2.31. The number of rotatable bonds is 5. The van der Waals surface area contributed by atoms with Crippen LogP contribution in [-0.2, 0) is 19.6 Å². The van der Waals surface area contributed by atoms with Crippen molar-refractivity contribution in [3.63, 3.8) is 0 Å². The lowest BCUT2D eigenvalue weighted by Gasteiger charge is -2.09. The van der Waals surface area contributed by atoms with E-state index in [4.69, 9.17) is 0 Å². The molecule has 0 aliphatic carbocycles. The van der Waals surface area contributed by atoms with E-state index < -0.39 is 17.6 Å². The van der Waals surface area contributed by atoms with Crippen LogP contribution in [0.1, 0.15) is 17.0 Å². The number of hydrogen-bond acceptors (Lipinski definition) is 6. The van der Waals surface area contributed by atoms with Crippen molar-refractivity contribution < 1.29 is 17.6 Å². The summed E-state index contributed by atoms with van der Waals surface area (Å²) in [6.07, 6.45) is 0.300.